The molecular formula is C19H24ClIN4O. The van der Waals surface area contributed by atoms with Gasteiger partial charge in [0.15, 0.2) is 5.96 Å². The molecule has 140 valence electrons. The molecule has 0 aliphatic rings. The van der Waals surface area contributed by atoms with Crippen molar-refractivity contribution in [1.82, 2.24) is 16.0 Å². The SMILES string of the molecule is CCNC(=NCc1cccc(Cl)c1)NCCNC(=O)c1ccccc1.I. The van der Waals surface area contributed by atoms with Gasteiger partial charge in [0.25, 0.3) is 5.91 Å². The number of nitrogens with one attached hydrogen (secondary N) is 3. The molecule has 0 atom stereocenters. The molecule has 0 saturated heterocycles. The van der Waals surface area contributed by atoms with Crippen molar-refractivity contribution in [3.63, 3.8) is 0 Å². The van der Waals surface area contributed by atoms with Crippen LogP contribution < -0.4 is 16.0 Å². The van der Waals surface area contributed by atoms with Gasteiger partial charge in [-0.05, 0) is 36.8 Å². The number of carbonyl (C=O) groups excluding carboxylic acids is 1. The molecule has 2 rings (SSSR count). The Morgan fingerprint density at radius 3 is 2.42 bits per heavy atom. The third-order valence-electron chi connectivity index (χ3n) is 3.39. The zero-order chi connectivity index (χ0) is 17.9. The van der Waals surface area contributed by atoms with E-state index in [1.807, 2.05) is 49.4 Å². The molecule has 0 aliphatic carbocycles. The molecule has 0 unspecified atom stereocenters. The molecule has 5 nitrogen and oxygen atoms in total. The maximum absolute atomic E-state index is 12.0. The van der Waals surface area contributed by atoms with Crippen LogP contribution in [0.4, 0.5) is 0 Å². The van der Waals surface area contributed by atoms with E-state index in [2.05, 4.69) is 20.9 Å². The van der Waals surface area contributed by atoms with Crippen LogP contribution >= 0.6 is 35.6 Å². The Labute approximate surface area is 176 Å². The lowest BCUT2D eigenvalue weighted by Crippen LogP contribution is -2.41. The summed E-state index contributed by atoms with van der Waals surface area (Å²) in [5.41, 5.74) is 1.70. The summed E-state index contributed by atoms with van der Waals surface area (Å²) in [6, 6.07) is 16.8. The van der Waals surface area contributed by atoms with Crippen molar-refractivity contribution in [2.75, 3.05) is 19.6 Å². The Morgan fingerprint density at radius 1 is 1.00 bits per heavy atom. The zero-order valence-electron chi connectivity index (χ0n) is 14.7. The van der Waals surface area contributed by atoms with Crippen molar-refractivity contribution in [3.05, 3.63) is 70.7 Å². The number of guanidine groups is 1. The van der Waals surface area contributed by atoms with Gasteiger partial charge >= 0.3 is 0 Å². The minimum atomic E-state index is -0.0803. The van der Waals surface area contributed by atoms with Crippen molar-refractivity contribution < 1.29 is 4.79 Å². The van der Waals surface area contributed by atoms with Gasteiger partial charge in [-0.25, -0.2) is 4.99 Å². The molecule has 3 N–H and O–H groups in total. The number of carbonyl (C=O) groups is 1. The highest BCUT2D eigenvalue weighted by atomic mass is 127. The first-order chi connectivity index (χ1) is 12.2. The molecular weight excluding hydrogens is 463 g/mol. The van der Waals surface area contributed by atoms with Crippen molar-refractivity contribution in [2.45, 2.75) is 13.5 Å². The quantitative estimate of drug-likeness (QED) is 0.243. The standard InChI is InChI=1S/C19H23ClN4O.HI/c1-2-21-19(24-14-15-7-6-10-17(20)13-15)23-12-11-22-18(25)16-8-4-3-5-9-16;/h3-10,13H,2,11-12,14H2,1H3,(H,22,25)(H2,21,23,24);1H. The van der Waals surface area contributed by atoms with Gasteiger partial charge in [0.05, 0.1) is 6.54 Å². The van der Waals surface area contributed by atoms with Crippen molar-refractivity contribution in [1.29, 1.82) is 0 Å². The molecule has 0 fully saturated rings. The number of rotatable bonds is 7. The van der Waals surface area contributed by atoms with E-state index in [9.17, 15) is 4.79 Å². The number of aliphatic imine (C=N–C) groups is 1. The normalized spacial score (nSPS) is 10.6. The molecule has 1 amide bonds. The molecule has 0 heterocycles. The first-order valence-electron chi connectivity index (χ1n) is 8.29. The molecule has 0 aliphatic heterocycles. The Balaban J connectivity index is 0.00000338. The van der Waals surface area contributed by atoms with Crippen LogP contribution in [0.1, 0.15) is 22.8 Å². The summed E-state index contributed by atoms with van der Waals surface area (Å²) in [5, 5.41) is 9.96. The predicted octanol–water partition coefficient (Wildman–Crippen LogP) is 3.44. The molecule has 0 saturated carbocycles. The molecule has 2 aromatic carbocycles. The molecule has 0 radical (unpaired) electrons. The average Bonchev–Trinajstić information content (AvgIpc) is 2.63. The van der Waals surface area contributed by atoms with Gasteiger partial charge in [0, 0.05) is 30.2 Å². The monoisotopic (exact) mass is 486 g/mol. The first-order valence-corrected chi connectivity index (χ1v) is 8.66. The second-order valence-corrected chi connectivity index (χ2v) is 5.81. The average molecular weight is 487 g/mol. The first kappa shape index (κ1) is 22.2. The number of hydrogen-bond acceptors (Lipinski definition) is 2. The number of nitrogens with zero attached hydrogens (tertiary/aromatic N) is 1. The van der Waals surface area contributed by atoms with Crippen LogP contribution in [-0.2, 0) is 6.54 Å². The van der Waals surface area contributed by atoms with E-state index in [0.717, 1.165) is 12.1 Å². The predicted molar refractivity (Wildman–Crippen MR) is 118 cm³/mol. The second kappa shape index (κ2) is 12.5. The fraction of sp³-hybridized carbons (Fsp3) is 0.263. The van der Waals surface area contributed by atoms with E-state index >= 15 is 0 Å². The van der Waals surface area contributed by atoms with E-state index < -0.39 is 0 Å². The molecule has 26 heavy (non-hydrogen) atoms. The summed E-state index contributed by atoms with van der Waals surface area (Å²) in [6.45, 7) is 4.40. The highest BCUT2D eigenvalue weighted by Crippen LogP contribution is 2.11. The third kappa shape index (κ3) is 8.05. The minimum absolute atomic E-state index is 0. The lowest BCUT2D eigenvalue weighted by Gasteiger charge is -2.12. The third-order valence-corrected chi connectivity index (χ3v) is 3.63. The summed E-state index contributed by atoms with van der Waals surface area (Å²) >= 11 is 5.98. The molecule has 0 spiro atoms. The molecule has 0 bridgehead atoms. The van der Waals surface area contributed by atoms with Crippen LogP contribution in [0.25, 0.3) is 0 Å². The Kier molecular flexibility index (Phi) is 10.7. The van der Waals surface area contributed by atoms with Crippen LogP contribution in [0, 0.1) is 0 Å². The number of hydrogen-bond donors (Lipinski definition) is 3. The molecule has 7 heteroatoms. The fourth-order valence-corrected chi connectivity index (χ4v) is 2.41. The Hall–Kier alpha value is -1.80. The van der Waals surface area contributed by atoms with Crippen molar-refractivity contribution in [2.24, 2.45) is 4.99 Å². The summed E-state index contributed by atoms with van der Waals surface area (Å²) in [4.78, 5) is 16.5. The van der Waals surface area contributed by atoms with E-state index in [4.69, 9.17) is 11.6 Å². The molecule has 0 aromatic heterocycles. The van der Waals surface area contributed by atoms with E-state index in [0.29, 0.717) is 36.2 Å². The summed E-state index contributed by atoms with van der Waals surface area (Å²) < 4.78 is 0. The number of amides is 1. The van der Waals surface area contributed by atoms with Crippen LogP contribution in [0.5, 0.6) is 0 Å². The Morgan fingerprint density at radius 2 is 1.73 bits per heavy atom. The lowest BCUT2D eigenvalue weighted by atomic mass is 10.2. The highest BCUT2D eigenvalue weighted by Gasteiger charge is 2.03. The minimum Gasteiger partial charge on any atom is -0.357 e. The highest BCUT2D eigenvalue weighted by molar-refractivity contribution is 14.0. The van der Waals surface area contributed by atoms with Crippen LogP contribution in [-0.4, -0.2) is 31.5 Å². The van der Waals surface area contributed by atoms with Gasteiger partial charge < -0.3 is 16.0 Å². The smallest absolute Gasteiger partial charge is 0.251 e. The maximum Gasteiger partial charge on any atom is 0.251 e. The Bertz CT molecular complexity index is 710. The fourth-order valence-electron chi connectivity index (χ4n) is 2.20. The number of benzene rings is 2. The molecule has 2 aromatic rings. The van der Waals surface area contributed by atoms with Gasteiger partial charge in [-0.1, -0.05) is 41.9 Å². The number of halogens is 2. The van der Waals surface area contributed by atoms with Gasteiger partial charge in [-0.15, -0.1) is 24.0 Å². The second-order valence-electron chi connectivity index (χ2n) is 5.37. The largest absolute Gasteiger partial charge is 0.357 e. The van der Waals surface area contributed by atoms with E-state index in [1.54, 1.807) is 12.1 Å². The van der Waals surface area contributed by atoms with Gasteiger partial charge in [0.2, 0.25) is 0 Å². The van der Waals surface area contributed by atoms with Gasteiger partial charge in [-0.3, -0.25) is 4.79 Å². The van der Waals surface area contributed by atoms with E-state index in [1.165, 1.54) is 0 Å². The van der Waals surface area contributed by atoms with Crippen LogP contribution in [0.3, 0.4) is 0 Å². The van der Waals surface area contributed by atoms with Crippen molar-refractivity contribution >= 4 is 47.4 Å². The van der Waals surface area contributed by atoms with Crippen LogP contribution in [0.15, 0.2) is 59.6 Å². The maximum atomic E-state index is 12.0. The van der Waals surface area contributed by atoms with E-state index in [-0.39, 0.29) is 29.9 Å². The summed E-state index contributed by atoms with van der Waals surface area (Å²) in [5.74, 6) is 0.625. The van der Waals surface area contributed by atoms with Crippen molar-refractivity contribution in [3.8, 4) is 0 Å². The van der Waals surface area contributed by atoms with Gasteiger partial charge in [0.1, 0.15) is 0 Å². The van der Waals surface area contributed by atoms with Gasteiger partial charge in [-0.2, -0.15) is 0 Å². The summed E-state index contributed by atoms with van der Waals surface area (Å²) in [6.07, 6.45) is 0. The van der Waals surface area contributed by atoms with Crippen LogP contribution in [0.2, 0.25) is 5.02 Å². The topological polar surface area (TPSA) is 65.5 Å². The zero-order valence-corrected chi connectivity index (χ0v) is 17.8. The lowest BCUT2D eigenvalue weighted by molar-refractivity contribution is 0.0954. The summed E-state index contributed by atoms with van der Waals surface area (Å²) in [7, 11) is 0.